The Balaban J connectivity index is 0.00000177. The summed E-state index contributed by atoms with van der Waals surface area (Å²) in [5, 5.41) is 0. The van der Waals surface area contributed by atoms with Gasteiger partial charge in [0.25, 0.3) is 0 Å². The van der Waals surface area contributed by atoms with E-state index in [-0.39, 0.29) is 1.43 Å². The van der Waals surface area contributed by atoms with E-state index in [4.69, 9.17) is 6.42 Å². The molecule has 32 heavy (non-hydrogen) atoms. The Labute approximate surface area is 197 Å². The summed E-state index contributed by atoms with van der Waals surface area (Å²) in [5.41, 5.74) is 10.2. The first-order valence-electron chi connectivity index (χ1n) is 12.1. The molecule has 0 saturated heterocycles. The molecule has 0 N–H and O–H groups in total. The zero-order valence-electron chi connectivity index (χ0n) is 20.5. The Hall–Kier alpha value is -3.04. The molecule has 0 heterocycles. The number of aryl methyl sites for hydroxylation is 2. The number of rotatable bonds is 8. The van der Waals surface area contributed by atoms with Gasteiger partial charge in [-0.15, -0.1) is 6.42 Å². The van der Waals surface area contributed by atoms with Gasteiger partial charge in [0.15, 0.2) is 0 Å². The molecular weight excluding hydrogens is 384 g/mol. The molecule has 0 fully saturated rings. The second kappa shape index (κ2) is 12.7. The van der Waals surface area contributed by atoms with Crippen molar-refractivity contribution in [1.29, 1.82) is 0 Å². The number of benzene rings is 3. The summed E-state index contributed by atoms with van der Waals surface area (Å²) in [4.78, 5) is 0. The van der Waals surface area contributed by atoms with Crippen LogP contribution in [-0.4, -0.2) is 0 Å². The van der Waals surface area contributed by atoms with E-state index in [0.29, 0.717) is 5.92 Å². The topological polar surface area (TPSA) is 0 Å². The van der Waals surface area contributed by atoms with E-state index in [1.54, 1.807) is 0 Å². The molecule has 0 amide bonds. The predicted molar refractivity (Wildman–Crippen MR) is 145 cm³/mol. The van der Waals surface area contributed by atoms with Gasteiger partial charge in [-0.05, 0) is 82.7 Å². The zero-order valence-corrected chi connectivity index (χ0v) is 20.5. The van der Waals surface area contributed by atoms with Crippen LogP contribution < -0.4 is 0 Å². The molecule has 0 heteroatoms. The molecule has 0 unspecified atom stereocenters. The van der Waals surface area contributed by atoms with E-state index in [1.165, 1.54) is 33.4 Å². The Morgan fingerprint density at radius 2 is 1.59 bits per heavy atom. The lowest BCUT2D eigenvalue weighted by molar-refractivity contribution is 0.658. The smallest absolute Gasteiger partial charge is 0.0309 e. The Morgan fingerprint density at radius 1 is 0.938 bits per heavy atom. The highest BCUT2D eigenvalue weighted by Crippen LogP contribution is 2.35. The number of hydrogen-bond acceptors (Lipinski definition) is 0. The molecule has 0 aliphatic heterocycles. The van der Waals surface area contributed by atoms with E-state index < -0.39 is 0 Å². The second-order valence-electron chi connectivity index (χ2n) is 7.86. The maximum Gasteiger partial charge on any atom is 0.0309 e. The maximum atomic E-state index is 6.03. The van der Waals surface area contributed by atoms with E-state index in [9.17, 15) is 0 Å². The van der Waals surface area contributed by atoms with Crippen LogP contribution in [0.1, 0.15) is 81.8 Å². The summed E-state index contributed by atoms with van der Waals surface area (Å²) < 4.78 is 0. The molecule has 0 nitrogen and oxygen atoms in total. The Bertz CT molecular complexity index is 1050. The van der Waals surface area contributed by atoms with Crippen molar-refractivity contribution in [1.82, 2.24) is 0 Å². The van der Waals surface area contributed by atoms with Gasteiger partial charge in [0.2, 0.25) is 0 Å². The maximum absolute atomic E-state index is 6.03. The third kappa shape index (κ3) is 5.80. The summed E-state index contributed by atoms with van der Waals surface area (Å²) in [6, 6.07) is 22.1. The predicted octanol–water partition coefficient (Wildman–Crippen LogP) is 9.11. The van der Waals surface area contributed by atoms with Gasteiger partial charge in [-0.2, -0.15) is 0 Å². The number of hydrogen-bond donors (Lipinski definition) is 0. The van der Waals surface area contributed by atoms with E-state index in [1.807, 2.05) is 19.9 Å². The molecule has 0 radical (unpaired) electrons. The monoisotopic (exact) mass is 424 g/mol. The largest absolute Gasteiger partial charge is 0.115 e. The average Bonchev–Trinajstić information content (AvgIpc) is 2.87. The molecule has 1 atom stereocenters. The van der Waals surface area contributed by atoms with Crippen molar-refractivity contribution in [3.63, 3.8) is 0 Å². The SMILES string of the molecule is C#Cc1c(CC)cc(-c2ccccc2CC)cc1[C@@H](CC)Cc1ccc(C=C)cc1.CC.[HH]. The Kier molecular flexibility index (Phi) is 10.0. The van der Waals surface area contributed by atoms with Crippen molar-refractivity contribution in [2.24, 2.45) is 0 Å². The lowest BCUT2D eigenvalue weighted by atomic mass is 9.82. The summed E-state index contributed by atoms with van der Waals surface area (Å²) in [6.45, 7) is 14.5. The van der Waals surface area contributed by atoms with Crippen LogP contribution >= 0.6 is 0 Å². The molecule has 0 aliphatic carbocycles. The molecule has 3 aromatic rings. The third-order valence-corrected chi connectivity index (χ3v) is 6.12. The quantitative estimate of drug-likeness (QED) is 0.316. The van der Waals surface area contributed by atoms with Crippen molar-refractivity contribution >= 4 is 6.08 Å². The van der Waals surface area contributed by atoms with Crippen molar-refractivity contribution < 1.29 is 1.43 Å². The van der Waals surface area contributed by atoms with Crippen LogP contribution in [0, 0.1) is 12.3 Å². The fourth-order valence-corrected chi connectivity index (χ4v) is 4.32. The van der Waals surface area contributed by atoms with Gasteiger partial charge in [0, 0.05) is 6.99 Å². The molecule has 0 saturated carbocycles. The highest BCUT2D eigenvalue weighted by atomic mass is 14.2. The van der Waals surface area contributed by atoms with Gasteiger partial charge in [-0.3, -0.25) is 0 Å². The summed E-state index contributed by atoms with van der Waals surface area (Å²) >= 11 is 0. The first kappa shape index (κ1) is 25.2. The minimum absolute atomic E-state index is 0. The summed E-state index contributed by atoms with van der Waals surface area (Å²) in [7, 11) is 0. The fourth-order valence-electron chi connectivity index (χ4n) is 4.32. The van der Waals surface area contributed by atoms with Crippen molar-refractivity contribution in [2.75, 3.05) is 0 Å². The lowest BCUT2D eigenvalue weighted by Gasteiger charge is -2.22. The highest BCUT2D eigenvalue weighted by Gasteiger charge is 2.18. The highest BCUT2D eigenvalue weighted by molar-refractivity contribution is 5.71. The van der Waals surface area contributed by atoms with Crippen LogP contribution in [0.2, 0.25) is 0 Å². The van der Waals surface area contributed by atoms with Crippen molar-refractivity contribution in [3.8, 4) is 23.5 Å². The van der Waals surface area contributed by atoms with Gasteiger partial charge in [-0.25, -0.2) is 0 Å². The van der Waals surface area contributed by atoms with Crippen LogP contribution in [0.5, 0.6) is 0 Å². The first-order chi connectivity index (χ1) is 15.6. The van der Waals surface area contributed by atoms with Crippen LogP contribution in [0.4, 0.5) is 0 Å². The molecular formula is C32H40. The van der Waals surface area contributed by atoms with Gasteiger partial charge < -0.3 is 0 Å². The van der Waals surface area contributed by atoms with Crippen LogP contribution in [-0.2, 0) is 19.3 Å². The summed E-state index contributed by atoms with van der Waals surface area (Å²) in [5.74, 6) is 3.42. The first-order valence-corrected chi connectivity index (χ1v) is 12.1. The zero-order chi connectivity index (χ0) is 23.5. The van der Waals surface area contributed by atoms with Gasteiger partial charge in [0.05, 0.1) is 0 Å². The van der Waals surface area contributed by atoms with Crippen molar-refractivity contribution in [2.45, 2.75) is 66.2 Å². The van der Waals surface area contributed by atoms with Gasteiger partial charge in [-0.1, -0.05) is 102 Å². The van der Waals surface area contributed by atoms with E-state index in [0.717, 1.165) is 36.8 Å². The van der Waals surface area contributed by atoms with E-state index in [2.05, 4.69) is 93.9 Å². The fraction of sp³-hybridized carbons (Fsp3) is 0.312. The Morgan fingerprint density at radius 3 is 2.16 bits per heavy atom. The third-order valence-electron chi connectivity index (χ3n) is 6.12. The van der Waals surface area contributed by atoms with Crippen LogP contribution in [0.25, 0.3) is 17.2 Å². The molecule has 0 spiro atoms. The van der Waals surface area contributed by atoms with Crippen LogP contribution in [0.15, 0.2) is 67.2 Å². The minimum Gasteiger partial charge on any atom is -0.115 e. The minimum atomic E-state index is 0. The average molecular weight is 425 g/mol. The second-order valence-corrected chi connectivity index (χ2v) is 7.86. The van der Waals surface area contributed by atoms with Gasteiger partial charge >= 0.3 is 0 Å². The molecule has 3 rings (SSSR count). The lowest BCUT2D eigenvalue weighted by Crippen LogP contribution is -2.07. The molecule has 0 aromatic heterocycles. The normalized spacial score (nSPS) is 11.1. The summed E-state index contributed by atoms with van der Waals surface area (Å²) in [6.07, 6.45) is 11.9. The van der Waals surface area contributed by atoms with E-state index >= 15 is 0 Å². The number of terminal acetylenes is 1. The van der Waals surface area contributed by atoms with Gasteiger partial charge in [0.1, 0.15) is 0 Å². The molecule has 0 aliphatic rings. The molecule has 3 aromatic carbocycles. The van der Waals surface area contributed by atoms with Crippen molar-refractivity contribution in [3.05, 3.63) is 101 Å². The van der Waals surface area contributed by atoms with Crippen LogP contribution in [0.3, 0.4) is 0 Å². The molecule has 168 valence electrons. The standard InChI is InChI=1S/C30H32.C2H6.H2/c1-6-22-15-17-23(18-16-22)19-25(8-3)30-21-27(20-26(9-4)28(30)10-5)29-14-12-11-13-24(29)7-2;1-2;/h5-6,11-18,20-21,25H,1,7-9,19H2,2-4H3;1-2H3;1H/t25-;;/m0../s1. The molecule has 0 bridgehead atoms.